The van der Waals surface area contributed by atoms with Gasteiger partial charge in [-0.2, -0.15) is 5.10 Å². The molecule has 8 nitrogen and oxygen atoms in total. The van der Waals surface area contributed by atoms with Crippen molar-refractivity contribution in [2.45, 2.75) is 38.6 Å². The van der Waals surface area contributed by atoms with Crippen molar-refractivity contribution in [3.05, 3.63) is 41.5 Å². The van der Waals surface area contributed by atoms with Gasteiger partial charge in [-0.1, -0.05) is 12.1 Å². The van der Waals surface area contributed by atoms with Gasteiger partial charge in [0.2, 0.25) is 0 Å². The van der Waals surface area contributed by atoms with Gasteiger partial charge in [0.1, 0.15) is 5.76 Å². The standard InChI is InChI=1S/C21H28N6O2/c1-4-6-16-13-18(24-29-16)21(28)26-10-8-15(14-26)19-17-7-5-9-22-20(17)27(23-19)12-11-25(2)3/h5,7,9,13,15H,4,6,8,10-12,14H2,1-3H3/t15-/m1/s1. The number of carbonyl (C=O) groups is 1. The molecule has 0 bridgehead atoms. The van der Waals surface area contributed by atoms with Gasteiger partial charge in [0.15, 0.2) is 11.3 Å². The zero-order valence-corrected chi connectivity index (χ0v) is 17.3. The zero-order valence-electron chi connectivity index (χ0n) is 17.3. The summed E-state index contributed by atoms with van der Waals surface area (Å²) in [5.74, 6) is 0.907. The number of aryl methyl sites for hydroxylation is 1. The minimum absolute atomic E-state index is 0.0620. The molecule has 0 saturated carbocycles. The third-order valence-electron chi connectivity index (χ3n) is 5.43. The highest BCUT2D eigenvalue weighted by Crippen LogP contribution is 2.32. The van der Waals surface area contributed by atoms with Crippen molar-refractivity contribution in [3.8, 4) is 0 Å². The summed E-state index contributed by atoms with van der Waals surface area (Å²) in [6.45, 7) is 5.10. The average molecular weight is 396 g/mol. The van der Waals surface area contributed by atoms with E-state index in [-0.39, 0.29) is 11.8 Å². The van der Waals surface area contributed by atoms with E-state index in [9.17, 15) is 4.79 Å². The number of rotatable bonds is 7. The summed E-state index contributed by atoms with van der Waals surface area (Å²) < 4.78 is 7.27. The van der Waals surface area contributed by atoms with Crippen LogP contribution in [0.25, 0.3) is 11.0 Å². The first kappa shape index (κ1) is 19.6. The monoisotopic (exact) mass is 396 g/mol. The third kappa shape index (κ3) is 4.03. The van der Waals surface area contributed by atoms with Crippen LogP contribution in [0.1, 0.15) is 47.6 Å². The predicted molar refractivity (Wildman–Crippen MR) is 110 cm³/mol. The molecule has 1 fully saturated rings. The van der Waals surface area contributed by atoms with Gasteiger partial charge < -0.3 is 14.3 Å². The Morgan fingerprint density at radius 3 is 3.03 bits per heavy atom. The molecule has 0 unspecified atom stereocenters. The zero-order chi connectivity index (χ0) is 20.4. The first-order valence-electron chi connectivity index (χ1n) is 10.3. The number of carbonyl (C=O) groups excluding carboxylic acids is 1. The Kier molecular flexibility index (Phi) is 5.62. The molecular weight excluding hydrogens is 368 g/mol. The number of fused-ring (bicyclic) bond motifs is 1. The summed E-state index contributed by atoms with van der Waals surface area (Å²) in [5.41, 5.74) is 2.35. The third-order valence-corrected chi connectivity index (χ3v) is 5.43. The molecule has 4 heterocycles. The quantitative estimate of drug-likeness (QED) is 0.611. The van der Waals surface area contributed by atoms with Crippen LogP contribution in [0.4, 0.5) is 0 Å². The van der Waals surface area contributed by atoms with Crippen molar-refractivity contribution in [1.29, 1.82) is 0 Å². The molecule has 0 aromatic carbocycles. The largest absolute Gasteiger partial charge is 0.361 e. The van der Waals surface area contributed by atoms with Crippen LogP contribution in [0, 0.1) is 0 Å². The molecule has 154 valence electrons. The van der Waals surface area contributed by atoms with Gasteiger partial charge in [-0.3, -0.25) is 4.79 Å². The maximum absolute atomic E-state index is 12.8. The molecule has 1 aliphatic rings. The van der Waals surface area contributed by atoms with Gasteiger partial charge in [0.25, 0.3) is 5.91 Å². The summed E-state index contributed by atoms with van der Waals surface area (Å²) in [4.78, 5) is 21.4. The molecule has 8 heteroatoms. The predicted octanol–water partition coefficient (Wildman–Crippen LogP) is 2.56. The molecule has 1 aliphatic heterocycles. The lowest BCUT2D eigenvalue weighted by Crippen LogP contribution is -2.28. The van der Waals surface area contributed by atoms with E-state index in [2.05, 4.69) is 42.1 Å². The van der Waals surface area contributed by atoms with Gasteiger partial charge in [-0.15, -0.1) is 0 Å². The minimum Gasteiger partial charge on any atom is -0.361 e. The van der Waals surface area contributed by atoms with E-state index in [1.54, 1.807) is 6.07 Å². The maximum atomic E-state index is 12.8. The van der Waals surface area contributed by atoms with Crippen molar-refractivity contribution in [1.82, 2.24) is 29.7 Å². The van der Waals surface area contributed by atoms with Crippen LogP contribution in [0.15, 0.2) is 28.9 Å². The first-order valence-corrected chi connectivity index (χ1v) is 10.3. The highest BCUT2D eigenvalue weighted by atomic mass is 16.5. The molecule has 3 aromatic rings. The molecule has 3 aromatic heterocycles. The molecule has 0 aliphatic carbocycles. The molecule has 1 atom stereocenters. The van der Waals surface area contributed by atoms with Crippen LogP contribution in [0.3, 0.4) is 0 Å². The van der Waals surface area contributed by atoms with Crippen LogP contribution in [-0.2, 0) is 13.0 Å². The summed E-state index contributed by atoms with van der Waals surface area (Å²) >= 11 is 0. The number of aromatic nitrogens is 4. The number of hydrogen-bond acceptors (Lipinski definition) is 6. The second-order valence-corrected chi connectivity index (χ2v) is 7.95. The van der Waals surface area contributed by atoms with Crippen molar-refractivity contribution < 1.29 is 9.32 Å². The Bertz CT molecular complexity index is 992. The van der Waals surface area contributed by atoms with Gasteiger partial charge >= 0.3 is 0 Å². The highest BCUT2D eigenvalue weighted by molar-refractivity contribution is 5.92. The van der Waals surface area contributed by atoms with Crippen molar-refractivity contribution in [2.24, 2.45) is 0 Å². The highest BCUT2D eigenvalue weighted by Gasteiger charge is 2.32. The summed E-state index contributed by atoms with van der Waals surface area (Å²) in [5, 5.41) is 9.95. The summed E-state index contributed by atoms with van der Waals surface area (Å²) in [6.07, 6.45) is 4.46. The van der Waals surface area contributed by atoms with E-state index < -0.39 is 0 Å². The summed E-state index contributed by atoms with van der Waals surface area (Å²) in [6, 6.07) is 5.80. The van der Waals surface area contributed by atoms with Crippen molar-refractivity contribution >= 4 is 16.9 Å². The fraction of sp³-hybridized carbons (Fsp3) is 0.524. The van der Waals surface area contributed by atoms with E-state index in [0.717, 1.165) is 54.8 Å². The SMILES string of the molecule is CCCc1cc(C(=O)N2CC[C@@H](c3nn(CCN(C)C)c4ncccc34)C2)no1. The van der Waals surface area contributed by atoms with Crippen LogP contribution in [0.2, 0.25) is 0 Å². The lowest BCUT2D eigenvalue weighted by atomic mass is 10.0. The maximum Gasteiger partial charge on any atom is 0.276 e. The second kappa shape index (κ2) is 8.32. The molecule has 0 radical (unpaired) electrons. The fourth-order valence-corrected chi connectivity index (χ4v) is 3.89. The van der Waals surface area contributed by atoms with E-state index in [0.29, 0.717) is 18.8 Å². The number of nitrogens with zero attached hydrogens (tertiary/aromatic N) is 6. The Morgan fingerprint density at radius 2 is 2.24 bits per heavy atom. The van der Waals surface area contributed by atoms with Gasteiger partial charge in [-0.25, -0.2) is 9.67 Å². The van der Waals surface area contributed by atoms with E-state index in [4.69, 9.17) is 9.62 Å². The number of likely N-dealkylation sites (N-methyl/N-ethyl adjacent to an activating group) is 1. The van der Waals surface area contributed by atoms with E-state index in [1.807, 2.05) is 21.8 Å². The fourth-order valence-electron chi connectivity index (χ4n) is 3.89. The Hall–Kier alpha value is -2.74. The molecule has 0 N–H and O–H groups in total. The van der Waals surface area contributed by atoms with E-state index in [1.165, 1.54) is 0 Å². The minimum atomic E-state index is -0.0620. The molecule has 29 heavy (non-hydrogen) atoms. The van der Waals surface area contributed by atoms with Crippen LogP contribution < -0.4 is 0 Å². The Morgan fingerprint density at radius 1 is 1.38 bits per heavy atom. The molecule has 4 rings (SSSR count). The Balaban J connectivity index is 1.52. The lowest BCUT2D eigenvalue weighted by molar-refractivity contribution is 0.0780. The van der Waals surface area contributed by atoms with Crippen LogP contribution in [-0.4, -0.2) is 69.4 Å². The molecule has 0 spiro atoms. The molecule has 1 amide bonds. The van der Waals surface area contributed by atoms with E-state index >= 15 is 0 Å². The van der Waals surface area contributed by atoms with Crippen molar-refractivity contribution in [2.75, 3.05) is 33.7 Å². The van der Waals surface area contributed by atoms with Gasteiger partial charge in [0.05, 0.1) is 12.2 Å². The van der Waals surface area contributed by atoms with Crippen molar-refractivity contribution in [3.63, 3.8) is 0 Å². The topological polar surface area (TPSA) is 80.3 Å². The van der Waals surface area contributed by atoms with Crippen LogP contribution >= 0.6 is 0 Å². The first-order chi connectivity index (χ1) is 14.1. The smallest absolute Gasteiger partial charge is 0.276 e. The lowest BCUT2D eigenvalue weighted by Gasteiger charge is -2.14. The van der Waals surface area contributed by atoms with Crippen LogP contribution in [0.5, 0.6) is 0 Å². The summed E-state index contributed by atoms with van der Waals surface area (Å²) in [7, 11) is 4.10. The Labute approximate surface area is 170 Å². The molecular formula is C21H28N6O2. The average Bonchev–Trinajstić information content (AvgIpc) is 3.44. The number of hydrogen-bond donors (Lipinski definition) is 0. The number of likely N-dealkylation sites (tertiary alicyclic amines) is 1. The van der Waals surface area contributed by atoms with Gasteiger partial charge in [-0.05, 0) is 39.1 Å². The number of pyridine rings is 1. The van der Waals surface area contributed by atoms with Gasteiger partial charge in [0, 0.05) is 49.6 Å². The number of amides is 1. The second-order valence-electron chi connectivity index (χ2n) is 7.95. The molecule has 1 saturated heterocycles. The normalized spacial score (nSPS) is 17.0.